The first-order valence-corrected chi connectivity index (χ1v) is 6.42. The number of carbonyl (C=O) groups excluding carboxylic acids is 1. The third kappa shape index (κ3) is 2.10. The summed E-state index contributed by atoms with van der Waals surface area (Å²) < 4.78 is 5.41. The standard InChI is InChI=1S/C14H16N2O2/c17-14(10-2-1-3-10)16-7-4-11-9-18-13-8-15-6-5-12(11)13/h5-6,8-10H,1-4,7H2,(H,16,17). The van der Waals surface area contributed by atoms with Crippen LogP contribution in [-0.4, -0.2) is 17.4 Å². The van der Waals surface area contributed by atoms with E-state index in [1.807, 2.05) is 6.07 Å². The molecule has 4 nitrogen and oxygen atoms in total. The predicted octanol–water partition coefficient (Wildman–Crippen LogP) is 2.29. The van der Waals surface area contributed by atoms with Gasteiger partial charge in [-0.15, -0.1) is 0 Å². The van der Waals surface area contributed by atoms with Gasteiger partial charge >= 0.3 is 0 Å². The molecule has 2 aromatic heterocycles. The molecule has 0 aromatic carbocycles. The highest BCUT2D eigenvalue weighted by Gasteiger charge is 2.24. The van der Waals surface area contributed by atoms with Gasteiger partial charge in [0.05, 0.1) is 12.5 Å². The first-order valence-electron chi connectivity index (χ1n) is 6.42. The molecule has 0 unspecified atom stereocenters. The molecule has 94 valence electrons. The van der Waals surface area contributed by atoms with E-state index in [4.69, 9.17) is 4.42 Å². The third-order valence-electron chi connectivity index (χ3n) is 3.63. The van der Waals surface area contributed by atoms with Gasteiger partial charge in [0.25, 0.3) is 0 Å². The molecule has 1 amide bonds. The lowest BCUT2D eigenvalue weighted by Crippen LogP contribution is -2.35. The van der Waals surface area contributed by atoms with Gasteiger partial charge in [-0.05, 0) is 25.3 Å². The molecule has 2 aromatic rings. The molecule has 2 heterocycles. The SMILES string of the molecule is O=C(NCCc1coc2cnccc12)C1CCC1. The number of rotatable bonds is 4. The Bertz CT molecular complexity index is 558. The minimum atomic E-state index is 0.204. The van der Waals surface area contributed by atoms with Gasteiger partial charge in [0.15, 0.2) is 5.58 Å². The second-order valence-electron chi connectivity index (χ2n) is 4.80. The minimum absolute atomic E-state index is 0.204. The molecule has 1 saturated carbocycles. The third-order valence-corrected chi connectivity index (χ3v) is 3.63. The van der Waals surface area contributed by atoms with Crippen LogP contribution < -0.4 is 5.32 Å². The lowest BCUT2D eigenvalue weighted by molar-refractivity contribution is -0.127. The molecule has 1 fully saturated rings. The van der Waals surface area contributed by atoms with Crippen molar-refractivity contribution in [2.75, 3.05) is 6.54 Å². The van der Waals surface area contributed by atoms with Crippen molar-refractivity contribution in [1.82, 2.24) is 10.3 Å². The Balaban J connectivity index is 1.58. The van der Waals surface area contributed by atoms with Crippen LogP contribution in [0.2, 0.25) is 0 Å². The van der Waals surface area contributed by atoms with E-state index >= 15 is 0 Å². The van der Waals surface area contributed by atoms with Gasteiger partial charge < -0.3 is 9.73 Å². The van der Waals surface area contributed by atoms with E-state index in [0.29, 0.717) is 6.54 Å². The number of nitrogens with zero attached hydrogens (tertiary/aromatic N) is 1. The number of amides is 1. The lowest BCUT2D eigenvalue weighted by atomic mass is 9.85. The van der Waals surface area contributed by atoms with Crippen molar-refractivity contribution in [2.45, 2.75) is 25.7 Å². The Morgan fingerprint density at radius 2 is 2.39 bits per heavy atom. The zero-order chi connectivity index (χ0) is 12.4. The summed E-state index contributed by atoms with van der Waals surface area (Å²) in [5.74, 6) is 0.464. The van der Waals surface area contributed by atoms with Crippen molar-refractivity contribution >= 4 is 16.9 Å². The summed E-state index contributed by atoms with van der Waals surface area (Å²) in [6, 6.07) is 1.95. The predicted molar refractivity (Wildman–Crippen MR) is 68.1 cm³/mol. The average Bonchev–Trinajstić information content (AvgIpc) is 2.71. The Morgan fingerprint density at radius 3 is 3.17 bits per heavy atom. The Kier molecular flexibility index (Phi) is 3.00. The molecule has 0 atom stereocenters. The van der Waals surface area contributed by atoms with Crippen LogP contribution in [0.5, 0.6) is 0 Å². The van der Waals surface area contributed by atoms with Crippen LogP contribution >= 0.6 is 0 Å². The van der Waals surface area contributed by atoms with Crippen molar-refractivity contribution in [3.8, 4) is 0 Å². The fraction of sp³-hybridized carbons (Fsp3) is 0.429. The summed E-state index contributed by atoms with van der Waals surface area (Å²) in [5.41, 5.74) is 1.93. The van der Waals surface area contributed by atoms with Crippen molar-refractivity contribution in [2.24, 2.45) is 5.92 Å². The Morgan fingerprint density at radius 1 is 1.50 bits per heavy atom. The summed E-state index contributed by atoms with van der Waals surface area (Å²) in [6.45, 7) is 0.673. The second-order valence-corrected chi connectivity index (χ2v) is 4.80. The highest BCUT2D eigenvalue weighted by molar-refractivity contribution is 5.81. The van der Waals surface area contributed by atoms with Crippen LogP contribution in [0.15, 0.2) is 29.1 Å². The van der Waals surface area contributed by atoms with Crippen LogP contribution in [-0.2, 0) is 11.2 Å². The molecule has 0 aliphatic heterocycles. The number of aromatic nitrogens is 1. The van der Waals surface area contributed by atoms with Gasteiger partial charge in [0.2, 0.25) is 5.91 Å². The maximum absolute atomic E-state index is 11.7. The fourth-order valence-electron chi connectivity index (χ4n) is 2.27. The molecule has 1 N–H and O–H groups in total. The Hall–Kier alpha value is -1.84. The first-order chi connectivity index (χ1) is 8.84. The average molecular weight is 244 g/mol. The quantitative estimate of drug-likeness (QED) is 0.897. The van der Waals surface area contributed by atoms with Crippen molar-refractivity contribution in [3.05, 3.63) is 30.3 Å². The molecule has 1 aliphatic carbocycles. The van der Waals surface area contributed by atoms with Crippen molar-refractivity contribution < 1.29 is 9.21 Å². The van der Waals surface area contributed by atoms with E-state index in [1.54, 1.807) is 18.7 Å². The monoisotopic (exact) mass is 244 g/mol. The van der Waals surface area contributed by atoms with Crippen molar-refractivity contribution in [1.29, 1.82) is 0 Å². The number of furan rings is 1. The van der Waals surface area contributed by atoms with Crippen LogP contribution in [0.25, 0.3) is 11.0 Å². The summed E-state index contributed by atoms with van der Waals surface area (Å²) >= 11 is 0. The van der Waals surface area contributed by atoms with E-state index in [1.165, 1.54) is 6.42 Å². The number of hydrogen-bond donors (Lipinski definition) is 1. The fourth-order valence-corrected chi connectivity index (χ4v) is 2.27. The van der Waals surface area contributed by atoms with Gasteiger partial charge in [-0.3, -0.25) is 9.78 Å². The maximum atomic E-state index is 11.7. The summed E-state index contributed by atoms with van der Waals surface area (Å²) in [5, 5.41) is 4.08. The zero-order valence-electron chi connectivity index (χ0n) is 10.2. The molecule has 0 saturated heterocycles. The number of fused-ring (bicyclic) bond motifs is 1. The highest BCUT2D eigenvalue weighted by atomic mass is 16.3. The van der Waals surface area contributed by atoms with Crippen LogP contribution in [0.4, 0.5) is 0 Å². The van der Waals surface area contributed by atoms with Gasteiger partial charge in [-0.25, -0.2) is 0 Å². The highest BCUT2D eigenvalue weighted by Crippen LogP contribution is 2.26. The first kappa shape index (κ1) is 11.3. The topological polar surface area (TPSA) is 55.1 Å². The molecule has 0 spiro atoms. The van der Waals surface area contributed by atoms with Crippen molar-refractivity contribution in [3.63, 3.8) is 0 Å². The minimum Gasteiger partial charge on any atom is -0.462 e. The second kappa shape index (κ2) is 4.80. The van der Waals surface area contributed by atoms with Gasteiger partial charge in [0.1, 0.15) is 0 Å². The molecule has 18 heavy (non-hydrogen) atoms. The molecule has 1 aliphatic rings. The van der Waals surface area contributed by atoms with Gasteiger partial charge in [0, 0.05) is 29.6 Å². The zero-order valence-corrected chi connectivity index (χ0v) is 10.2. The molecular formula is C14H16N2O2. The van der Waals surface area contributed by atoms with Crippen LogP contribution in [0, 0.1) is 5.92 Å². The molecular weight excluding hydrogens is 228 g/mol. The van der Waals surface area contributed by atoms with E-state index < -0.39 is 0 Å². The summed E-state index contributed by atoms with van der Waals surface area (Å²) in [7, 11) is 0. The molecule has 0 radical (unpaired) electrons. The van der Waals surface area contributed by atoms with Crippen LogP contribution in [0.3, 0.4) is 0 Å². The molecule has 0 bridgehead atoms. The van der Waals surface area contributed by atoms with Crippen LogP contribution in [0.1, 0.15) is 24.8 Å². The van der Waals surface area contributed by atoms with E-state index in [2.05, 4.69) is 10.3 Å². The van der Waals surface area contributed by atoms with E-state index in [-0.39, 0.29) is 11.8 Å². The Labute approximate surface area is 105 Å². The normalized spacial score (nSPS) is 15.6. The largest absolute Gasteiger partial charge is 0.462 e. The molecule has 4 heteroatoms. The van der Waals surface area contributed by atoms with E-state index in [0.717, 1.165) is 35.8 Å². The maximum Gasteiger partial charge on any atom is 0.223 e. The van der Waals surface area contributed by atoms with E-state index in [9.17, 15) is 4.79 Å². The number of pyridine rings is 1. The summed E-state index contributed by atoms with van der Waals surface area (Å²) in [4.78, 5) is 15.7. The number of nitrogens with one attached hydrogen (secondary N) is 1. The summed E-state index contributed by atoms with van der Waals surface area (Å²) in [6.07, 6.45) is 9.31. The van der Waals surface area contributed by atoms with Gasteiger partial charge in [-0.2, -0.15) is 0 Å². The smallest absolute Gasteiger partial charge is 0.223 e. The van der Waals surface area contributed by atoms with Gasteiger partial charge in [-0.1, -0.05) is 6.42 Å². The number of carbonyl (C=O) groups is 1. The lowest BCUT2D eigenvalue weighted by Gasteiger charge is -2.23. The molecule has 3 rings (SSSR count). The number of hydrogen-bond acceptors (Lipinski definition) is 3.